The van der Waals surface area contributed by atoms with Gasteiger partial charge in [0, 0.05) is 5.54 Å². The zero-order chi connectivity index (χ0) is 11.7. The Bertz CT molecular complexity index is 375. The van der Waals surface area contributed by atoms with Crippen LogP contribution in [0.4, 0.5) is 0 Å². The molecular weight excluding hydrogens is 202 g/mol. The van der Waals surface area contributed by atoms with Gasteiger partial charge in [-0.15, -0.1) is 0 Å². The number of carbonyl (C=O) groups excluding carboxylic acids is 2. The summed E-state index contributed by atoms with van der Waals surface area (Å²) in [7, 11) is 0. The predicted molar refractivity (Wildman–Crippen MR) is 59.3 cm³/mol. The Morgan fingerprint density at radius 2 is 1.50 bits per heavy atom. The number of likely N-dealkylation sites (tertiary alicyclic amines) is 1. The van der Waals surface area contributed by atoms with Gasteiger partial charge in [-0.25, -0.2) is 0 Å². The van der Waals surface area contributed by atoms with Gasteiger partial charge in [-0.2, -0.15) is 0 Å². The van der Waals surface area contributed by atoms with Gasteiger partial charge in [0.25, 0.3) is 0 Å². The Hall–Kier alpha value is -1.12. The van der Waals surface area contributed by atoms with Gasteiger partial charge in [0.15, 0.2) is 0 Å². The van der Waals surface area contributed by atoms with Crippen molar-refractivity contribution >= 4 is 11.8 Å². The number of fused-ring (bicyclic) bond motifs is 5. The van der Waals surface area contributed by atoms with Crippen LogP contribution in [-0.2, 0) is 9.59 Å². The monoisotopic (exact) mass is 219 g/mol. The first-order valence-corrected chi connectivity index (χ1v) is 5.97. The average Bonchev–Trinajstić information content (AvgIpc) is 2.77. The zero-order valence-electron chi connectivity index (χ0n) is 9.93. The fourth-order valence-corrected chi connectivity index (χ4v) is 3.56. The number of hydrogen-bond donors (Lipinski definition) is 0. The zero-order valence-corrected chi connectivity index (χ0v) is 9.93. The molecule has 1 aliphatic heterocycles. The highest BCUT2D eigenvalue weighted by atomic mass is 16.2. The van der Waals surface area contributed by atoms with Crippen LogP contribution in [0.1, 0.15) is 27.2 Å². The Balaban J connectivity index is 2.01. The van der Waals surface area contributed by atoms with Gasteiger partial charge in [-0.05, 0) is 39.0 Å². The molecule has 1 heterocycles. The van der Waals surface area contributed by atoms with Crippen LogP contribution in [0.25, 0.3) is 0 Å². The summed E-state index contributed by atoms with van der Waals surface area (Å²) in [4.78, 5) is 26.1. The smallest absolute Gasteiger partial charge is 0.234 e. The number of hydrogen-bond acceptors (Lipinski definition) is 2. The molecule has 2 amide bonds. The number of imide groups is 1. The highest BCUT2D eigenvalue weighted by molar-refractivity contribution is 6.07. The molecule has 2 fully saturated rings. The van der Waals surface area contributed by atoms with E-state index in [9.17, 15) is 9.59 Å². The van der Waals surface area contributed by atoms with E-state index in [0.717, 1.165) is 6.42 Å². The van der Waals surface area contributed by atoms with Gasteiger partial charge in [-0.3, -0.25) is 14.5 Å². The van der Waals surface area contributed by atoms with Gasteiger partial charge in [-0.1, -0.05) is 12.2 Å². The number of nitrogens with zero attached hydrogens (tertiary/aromatic N) is 1. The molecule has 0 aromatic heterocycles. The summed E-state index contributed by atoms with van der Waals surface area (Å²) >= 11 is 0. The summed E-state index contributed by atoms with van der Waals surface area (Å²) in [5, 5.41) is 0. The first kappa shape index (κ1) is 10.1. The van der Waals surface area contributed by atoms with Crippen LogP contribution in [0, 0.1) is 23.7 Å². The maximum absolute atomic E-state index is 12.3. The number of amides is 2. The SMILES string of the molecule is CC(C)(C)N1C(=O)[C@@H]2[C@H](C1=O)[C@H]1C=C[C@@H]2C1. The minimum absolute atomic E-state index is 0.0540. The number of rotatable bonds is 0. The van der Waals surface area contributed by atoms with Crippen LogP contribution in [0.2, 0.25) is 0 Å². The lowest BCUT2D eigenvalue weighted by Gasteiger charge is -2.31. The fraction of sp³-hybridized carbons (Fsp3) is 0.692. The molecule has 2 aliphatic carbocycles. The van der Waals surface area contributed by atoms with Crippen LogP contribution in [0.15, 0.2) is 12.2 Å². The molecular formula is C13H17NO2. The fourth-order valence-electron chi connectivity index (χ4n) is 3.56. The van der Waals surface area contributed by atoms with Crippen molar-refractivity contribution < 1.29 is 9.59 Å². The van der Waals surface area contributed by atoms with Crippen LogP contribution in [0.5, 0.6) is 0 Å². The molecule has 86 valence electrons. The van der Waals surface area contributed by atoms with Gasteiger partial charge in [0.1, 0.15) is 0 Å². The van der Waals surface area contributed by atoms with Crippen LogP contribution in [-0.4, -0.2) is 22.3 Å². The lowest BCUT2D eigenvalue weighted by Crippen LogP contribution is -2.46. The maximum atomic E-state index is 12.3. The Morgan fingerprint density at radius 1 is 1.06 bits per heavy atom. The molecule has 3 aliphatic rings. The molecule has 0 aromatic rings. The molecule has 2 bridgehead atoms. The van der Waals surface area contributed by atoms with Crippen molar-refractivity contribution in [2.24, 2.45) is 23.7 Å². The van der Waals surface area contributed by atoms with E-state index in [1.807, 2.05) is 20.8 Å². The van der Waals surface area contributed by atoms with Gasteiger partial charge >= 0.3 is 0 Å². The lowest BCUT2D eigenvalue weighted by atomic mass is 9.85. The molecule has 3 nitrogen and oxygen atoms in total. The van der Waals surface area contributed by atoms with E-state index in [1.165, 1.54) is 4.90 Å². The minimum Gasteiger partial charge on any atom is -0.277 e. The van der Waals surface area contributed by atoms with E-state index in [1.54, 1.807) is 0 Å². The van der Waals surface area contributed by atoms with Gasteiger partial charge in [0.2, 0.25) is 11.8 Å². The molecule has 1 saturated carbocycles. The van der Waals surface area contributed by atoms with E-state index in [2.05, 4.69) is 12.2 Å². The van der Waals surface area contributed by atoms with Crippen LogP contribution in [0.3, 0.4) is 0 Å². The molecule has 3 heteroatoms. The summed E-state index contributed by atoms with van der Waals surface area (Å²) in [5.41, 5.74) is -0.377. The molecule has 3 rings (SSSR count). The Morgan fingerprint density at radius 3 is 1.88 bits per heavy atom. The molecule has 16 heavy (non-hydrogen) atoms. The number of allylic oxidation sites excluding steroid dienone is 2. The molecule has 0 spiro atoms. The predicted octanol–water partition coefficient (Wildman–Crippen LogP) is 1.59. The summed E-state index contributed by atoms with van der Waals surface area (Å²) in [6, 6.07) is 0. The largest absolute Gasteiger partial charge is 0.277 e. The van der Waals surface area contributed by atoms with E-state index in [-0.39, 0.29) is 29.2 Å². The first-order chi connectivity index (χ1) is 7.41. The molecule has 0 N–H and O–H groups in total. The van der Waals surface area contributed by atoms with Crippen molar-refractivity contribution in [3.63, 3.8) is 0 Å². The maximum Gasteiger partial charge on any atom is 0.234 e. The third-order valence-electron chi connectivity index (χ3n) is 4.14. The molecule has 4 atom stereocenters. The average molecular weight is 219 g/mol. The van der Waals surface area contributed by atoms with Crippen molar-refractivity contribution in [2.45, 2.75) is 32.7 Å². The van der Waals surface area contributed by atoms with E-state index in [4.69, 9.17) is 0 Å². The highest BCUT2D eigenvalue weighted by Gasteiger charge is 2.60. The number of carbonyl (C=O) groups is 2. The van der Waals surface area contributed by atoms with E-state index >= 15 is 0 Å². The quantitative estimate of drug-likeness (QED) is 0.458. The van der Waals surface area contributed by atoms with Crippen LogP contribution < -0.4 is 0 Å². The third kappa shape index (κ3) is 1.04. The third-order valence-corrected chi connectivity index (χ3v) is 4.14. The van der Waals surface area contributed by atoms with E-state index in [0.29, 0.717) is 11.8 Å². The summed E-state index contributed by atoms with van der Waals surface area (Å²) in [5.74, 6) is 0.639. The van der Waals surface area contributed by atoms with E-state index < -0.39 is 0 Å². The minimum atomic E-state index is -0.377. The molecule has 1 saturated heterocycles. The molecule has 0 unspecified atom stereocenters. The van der Waals surface area contributed by atoms with Gasteiger partial charge < -0.3 is 0 Å². The van der Waals surface area contributed by atoms with Gasteiger partial charge in [0.05, 0.1) is 11.8 Å². The van der Waals surface area contributed by atoms with Crippen molar-refractivity contribution in [1.82, 2.24) is 4.90 Å². The summed E-state index contributed by atoms with van der Waals surface area (Å²) < 4.78 is 0. The van der Waals surface area contributed by atoms with Crippen LogP contribution >= 0.6 is 0 Å². The second-order valence-corrected chi connectivity index (χ2v) is 6.18. The normalized spacial score (nSPS) is 41.1. The second-order valence-electron chi connectivity index (χ2n) is 6.18. The van der Waals surface area contributed by atoms with Crippen molar-refractivity contribution in [2.75, 3.05) is 0 Å². The Labute approximate surface area is 95.5 Å². The van der Waals surface area contributed by atoms with Crippen molar-refractivity contribution in [3.8, 4) is 0 Å². The lowest BCUT2D eigenvalue weighted by molar-refractivity contribution is -0.146. The summed E-state index contributed by atoms with van der Waals surface area (Å²) in [6.45, 7) is 5.79. The van der Waals surface area contributed by atoms with Crippen molar-refractivity contribution in [1.29, 1.82) is 0 Å². The topological polar surface area (TPSA) is 37.4 Å². The molecule has 0 aromatic carbocycles. The molecule has 0 radical (unpaired) electrons. The highest BCUT2D eigenvalue weighted by Crippen LogP contribution is 2.53. The second kappa shape index (κ2) is 2.76. The van der Waals surface area contributed by atoms with Crippen molar-refractivity contribution in [3.05, 3.63) is 12.2 Å². The Kier molecular flexibility index (Phi) is 1.74. The summed E-state index contributed by atoms with van der Waals surface area (Å²) in [6.07, 6.45) is 5.26. The first-order valence-electron chi connectivity index (χ1n) is 5.97. The standard InChI is InChI=1S/C13H17NO2/c1-13(2,3)14-11(15)9-7-4-5-8(6-7)10(9)12(14)16/h4-5,7-10H,6H2,1-3H3/t7-,8+,9+,10-.